The van der Waals surface area contributed by atoms with Gasteiger partial charge in [-0.2, -0.15) is 0 Å². The van der Waals surface area contributed by atoms with E-state index in [0.29, 0.717) is 6.04 Å². The van der Waals surface area contributed by atoms with Crippen LogP contribution in [0.4, 0.5) is 0 Å². The van der Waals surface area contributed by atoms with Crippen molar-refractivity contribution in [1.29, 1.82) is 0 Å². The lowest BCUT2D eigenvalue weighted by Crippen LogP contribution is -2.27. The van der Waals surface area contributed by atoms with Crippen LogP contribution >= 0.6 is 22.6 Å². The molecule has 1 saturated carbocycles. The van der Waals surface area contributed by atoms with E-state index >= 15 is 0 Å². The summed E-state index contributed by atoms with van der Waals surface area (Å²) in [5.74, 6) is 1.97. The molecule has 1 aliphatic rings. The van der Waals surface area contributed by atoms with Gasteiger partial charge in [0.2, 0.25) is 0 Å². The predicted octanol–water partition coefficient (Wildman–Crippen LogP) is 3.94. The van der Waals surface area contributed by atoms with E-state index in [1.165, 1.54) is 32.1 Å². The molecular weight excluding hydrogens is 313 g/mol. The molecule has 0 aromatic carbocycles. The fourth-order valence-corrected chi connectivity index (χ4v) is 2.85. The molecule has 1 aromatic rings. The van der Waals surface area contributed by atoms with Crippen LogP contribution in [0, 0.1) is 9.68 Å². The Kier molecular flexibility index (Phi) is 4.70. The van der Waals surface area contributed by atoms with Crippen LogP contribution in [0.1, 0.15) is 44.8 Å². The van der Waals surface area contributed by atoms with E-state index in [-0.39, 0.29) is 0 Å². The first-order valence-electron chi connectivity index (χ1n) is 6.21. The van der Waals surface area contributed by atoms with Crippen LogP contribution in [0.25, 0.3) is 0 Å². The predicted molar refractivity (Wildman–Crippen MR) is 74.3 cm³/mol. The third-order valence-electron chi connectivity index (χ3n) is 3.45. The molecule has 2 atom stereocenters. The van der Waals surface area contributed by atoms with E-state index in [0.717, 1.165) is 22.0 Å². The normalized spacial score (nSPS) is 26.6. The number of hydrogen-bond acceptors (Lipinski definition) is 2. The topological polar surface area (TPSA) is 25.2 Å². The molecule has 90 valence electrons. The molecule has 3 heteroatoms. The Labute approximate surface area is 111 Å². The second kappa shape index (κ2) is 6.05. The second-order valence-corrected chi connectivity index (χ2v) is 5.96. The molecule has 1 N–H and O–H groups in total. The van der Waals surface area contributed by atoms with Crippen molar-refractivity contribution in [3.8, 4) is 0 Å². The summed E-state index contributed by atoms with van der Waals surface area (Å²) in [4.78, 5) is 0. The highest BCUT2D eigenvalue weighted by molar-refractivity contribution is 14.1. The minimum Gasteiger partial charge on any atom is -0.454 e. The summed E-state index contributed by atoms with van der Waals surface area (Å²) in [6.07, 6.45) is 6.78. The summed E-state index contributed by atoms with van der Waals surface area (Å²) in [6, 6.07) is 4.77. The Morgan fingerprint density at radius 3 is 2.94 bits per heavy atom. The molecule has 1 heterocycles. The smallest absolute Gasteiger partial charge is 0.164 e. The Morgan fingerprint density at radius 2 is 2.19 bits per heavy atom. The van der Waals surface area contributed by atoms with E-state index in [1.807, 2.05) is 6.07 Å². The standard InChI is InChI=1S/C13H20INO/c1-10-3-2-4-11(6-5-10)15-9-12-7-8-13(14)16-12/h7-8,10-11,15H,2-6,9H2,1H3. The van der Waals surface area contributed by atoms with Gasteiger partial charge in [0, 0.05) is 6.04 Å². The van der Waals surface area contributed by atoms with Gasteiger partial charge in [-0.1, -0.05) is 19.8 Å². The summed E-state index contributed by atoms with van der Waals surface area (Å²) < 4.78 is 6.53. The van der Waals surface area contributed by atoms with Gasteiger partial charge in [-0.15, -0.1) is 0 Å². The van der Waals surface area contributed by atoms with Gasteiger partial charge in [0.25, 0.3) is 0 Å². The number of furan rings is 1. The lowest BCUT2D eigenvalue weighted by molar-refractivity contribution is 0.405. The molecule has 0 aliphatic heterocycles. The number of hydrogen-bond donors (Lipinski definition) is 1. The minimum atomic E-state index is 0.688. The number of nitrogens with one attached hydrogen (secondary N) is 1. The zero-order valence-corrected chi connectivity index (χ0v) is 12.0. The average Bonchev–Trinajstić information content (AvgIpc) is 2.56. The third kappa shape index (κ3) is 3.77. The molecule has 0 saturated heterocycles. The first kappa shape index (κ1) is 12.4. The van der Waals surface area contributed by atoms with E-state index in [4.69, 9.17) is 4.42 Å². The van der Waals surface area contributed by atoms with Crippen molar-refractivity contribution in [2.24, 2.45) is 5.92 Å². The summed E-state index contributed by atoms with van der Waals surface area (Å²) in [6.45, 7) is 3.25. The highest BCUT2D eigenvalue weighted by Gasteiger charge is 2.15. The zero-order chi connectivity index (χ0) is 11.4. The van der Waals surface area contributed by atoms with Crippen LogP contribution in [0.5, 0.6) is 0 Å². The SMILES string of the molecule is CC1CCCC(NCc2ccc(I)o2)CC1. The van der Waals surface area contributed by atoms with E-state index in [1.54, 1.807) is 0 Å². The van der Waals surface area contributed by atoms with Crippen molar-refractivity contribution in [1.82, 2.24) is 5.32 Å². The lowest BCUT2D eigenvalue weighted by atomic mass is 10.0. The highest BCUT2D eigenvalue weighted by atomic mass is 127. The first-order valence-corrected chi connectivity index (χ1v) is 7.29. The zero-order valence-electron chi connectivity index (χ0n) is 9.84. The summed E-state index contributed by atoms with van der Waals surface area (Å²) in [5.41, 5.74) is 0. The van der Waals surface area contributed by atoms with Crippen molar-refractivity contribution in [3.05, 3.63) is 21.7 Å². The summed E-state index contributed by atoms with van der Waals surface area (Å²) in [5, 5.41) is 3.61. The van der Waals surface area contributed by atoms with Gasteiger partial charge in [0.15, 0.2) is 3.77 Å². The molecule has 2 unspecified atom stereocenters. The van der Waals surface area contributed by atoms with Gasteiger partial charge >= 0.3 is 0 Å². The molecule has 0 radical (unpaired) electrons. The van der Waals surface area contributed by atoms with Crippen LogP contribution in [0.3, 0.4) is 0 Å². The maximum Gasteiger partial charge on any atom is 0.164 e. The molecule has 2 rings (SSSR count). The summed E-state index contributed by atoms with van der Waals surface area (Å²) in [7, 11) is 0. The highest BCUT2D eigenvalue weighted by Crippen LogP contribution is 2.23. The molecule has 0 spiro atoms. The van der Waals surface area contributed by atoms with E-state index in [9.17, 15) is 0 Å². The fourth-order valence-electron chi connectivity index (χ4n) is 2.38. The molecule has 0 bridgehead atoms. The third-order valence-corrected chi connectivity index (χ3v) is 4.03. The average molecular weight is 333 g/mol. The molecular formula is C13H20INO. The first-order chi connectivity index (χ1) is 7.74. The molecule has 0 amide bonds. The van der Waals surface area contributed by atoms with Gasteiger partial charge in [-0.3, -0.25) is 0 Å². The van der Waals surface area contributed by atoms with Gasteiger partial charge < -0.3 is 9.73 Å². The van der Waals surface area contributed by atoms with Crippen molar-refractivity contribution in [3.63, 3.8) is 0 Å². The maximum absolute atomic E-state index is 5.55. The van der Waals surface area contributed by atoms with E-state index < -0.39 is 0 Å². The van der Waals surface area contributed by atoms with Crippen molar-refractivity contribution < 1.29 is 4.42 Å². The fraction of sp³-hybridized carbons (Fsp3) is 0.692. The summed E-state index contributed by atoms with van der Waals surface area (Å²) >= 11 is 2.21. The van der Waals surface area contributed by atoms with E-state index in [2.05, 4.69) is 40.9 Å². The monoisotopic (exact) mass is 333 g/mol. The minimum absolute atomic E-state index is 0.688. The van der Waals surface area contributed by atoms with Crippen molar-refractivity contribution >= 4 is 22.6 Å². The van der Waals surface area contributed by atoms with Crippen molar-refractivity contribution in [2.75, 3.05) is 0 Å². The van der Waals surface area contributed by atoms with Gasteiger partial charge in [-0.25, -0.2) is 0 Å². The molecule has 1 aromatic heterocycles. The van der Waals surface area contributed by atoms with Crippen LogP contribution in [-0.4, -0.2) is 6.04 Å². The molecule has 2 nitrogen and oxygen atoms in total. The number of rotatable bonds is 3. The Bertz CT molecular complexity index is 323. The molecule has 1 aliphatic carbocycles. The Balaban J connectivity index is 1.77. The number of halogens is 1. The maximum atomic E-state index is 5.55. The lowest BCUT2D eigenvalue weighted by Gasteiger charge is -2.15. The van der Waals surface area contributed by atoms with Gasteiger partial charge in [-0.05, 0) is 59.9 Å². The van der Waals surface area contributed by atoms with Gasteiger partial charge in [0.05, 0.1) is 6.54 Å². The molecule has 1 fully saturated rings. The van der Waals surface area contributed by atoms with Crippen molar-refractivity contribution in [2.45, 2.75) is 51.6 Å². The second-order valence-electron chi connectivity index (χ2n) is 4.90. The Hall–Kier alpha value is -0.0300. The van der Waals surface area contributed by atoms with Gasteiger partial charge in [0.1, 0.15) is 5.76 Å². The quantitative estimate of drug-likeness (QED) is 0.669. The van der Waals surface area contributed by atoms with Crippen LogP contribution in [-0.2, 0) is 6.54 Å². The van der Waals surface area contributed by atoms with Crippen LogP contribution < -0.4 is 5.32 Å². The largest absolute Gasteiger partial charge is 0.454 e. The van der Waals surface area contributed by atoms with Crippen LogP contribution in [0.15, 0.2) is 16.5 Å². The molecule has 16 heavy (non-hydrogen) atoms. The van der Waals surface area contributed by atoms with Crippen LogP contribution in [0.2, 0.25) is 0 Å². The Morgan fingerprint density at radius 1 is 1.31 bits per heavy atom.